The lowest BCUT2D eigenvalue weighted by atomic mass is 10.2. The minimum absolute atomic E-state index is 0.487. The molecule has 0 saturated carbocycles. The molecule has 8 nitrogen and oxygen atoms in total. The van der Waals surface area contributed by atoms with Crippen LogP contribution in [0.25, 0.3) is 5.69 Å². The zero-order chi connectivity index (χ0) is 19.8. The predicted molar refractivity (Wildman–Crippen MR) is 108 cm³/mol. The van der Waals surface area contributed by atoms with E-state index in [1.807, 2.05) is 53.1 Å². The lowest BCUT2D eigenvalue weighted by Gasteiger charge is -2.14. The number of aliphatic imine (C=N–C) groups is 1. The molecule has 0 fully saturated rings. The number of para-hydroxylation sites is 1. The van der Waals surface area contributed by atoms with Crippen molar-refractivity contribution in [3.8, 4) is 17.2 Å². The maximum absolute atomic E-state index is 5.35. The summed E-state index contributed by atoms with van der Waals surface area (Å²) in [5, 5.41) is 14.8. The average Bonchev–Trinajstić information content (AvgIpc) is 3.23. The van der Waals surface area contributed by atoms with E-state index in [-0.39, 0.29) is 0 Å². The summed E-state index contributed by atoms with van der Waals surface area (Å²) in [6.07, 6.45) is 1.70. The second-order valence-corrected chi connectivity index (χ2v) is 5.92. The summed E-state index contributed by atoms with van der Waals surface area (Å²) in [7, 11) is 4.97. The predicted octanol–water partition coefficient (Wildman–Crippen LogP) is 2.15. The van der Waals surface area contributed by atoms with Gasteiger partial charge in [0.15, 0.2) is 23.3 Å². The minimum Gasteiger partial charge on any atom is -0.493 e. The standard InChI is InChI=1S/C20H24N6O2/c1-21-20(22-12-15-9-10-17(27-2)18(11-15)28-3)23-13-19-25-24-14-26(19)16-7-5-4-6-8-16/h4-11,14H,12-13H2,1-3H3,(H2,21,22,23). The molecule has 3 rings (SSSR count). The number of nitrogens with one attached hydrogen (secondary N) is 2. The Labute approximate surface area is 164 Å². The molecule has 2 N–H and O–H groups in total. The first-order chi connectivity index (χ1) is 13.7. The summed E-state index contributed by atoms with van der Waals surface area (Å²) in [6.45, 7) is 1.08. The van der Waals surface area contributed by atoms with Gasteiger partial charge in [-0.15, -0.1) is 10.2 Å². The van der Waals surface area contributed by atoms with Gasteiger partial charge in [0.25, 0.3) is 0 Å². The van der Waals surface area contributed by atoms with Gasteiger partial charge in [-0.2, -0.15) is 0 Å². The summed E-state index contributed by atoms with van der Waals surface area (Å²) in [6, 6.07) is 15.8. The highest BCUT2D eigenvalue weighted by Gasteiger charge is 2.08. The second kappa shape index (κ2) is 9.40. The molecule has 0 radical (unpaired) electrons. The van der Waals surface area contributed by atoms with E-state index in [1.54, 1.807) is 27.6 Å². The third kappa shape index (κ3) is 4.59. The van der Waals surface area contributed by atoms with Crippen LogP contribution in [0.5, 0.6) is 11.5 Å². The van der Waals surface area contributed by atoms with Crippen LogP contribution in [0, 0.1) is 0 Å². The van der Waals surface area contributed by atoms with Gasteiger partial charge in [0, 0.05) is 19.3 Å². The van der Waals surface area contributed by atoms with Crippen LogP contribution in [0.15, 0.2) is 59.9 Å². The summed E-state index contributed by atoms with van der Waals surface area (Å²) < 4.78 is 12.6. The smallest absolute Gasteiger partial charge is 0.191 e. The Morgan fingerprint density at radius 2 is 1.75 bits per heavy atom. The van der Waals surface area contributed by atoms with Crippen LogP contribution < -0.4 is 20.1 Å². The quantitative estimate of drug-likeness (QED) is 0.483. The Bertz CT molecular complexity index is 923. The number of nitrogens with zero attached hydrogens (tertiary/aromatic N) is 4. The Balaban J connectivity index is 1.60. The first-order valence-electron chi connectivity index (χ1n) is 8.85. The van der Waals surface area contributed by atoms with Crippen molar-refractivity contribution in [2.45, 2.75) is 13.1 Å². The van der Waals surface area contributed by atoms with Crippen molar-refractivity contribution < 1.29 is 9.47 Å². The van der Waals surface area contributed by atoms with Gasteiger partial charge in [-0.05, 0) is 29.8 Å². The average molecular weight is 380 g/mol. The summed E-state index contributed by atoms with van der Waals surface area (Å²) in [4.78, 5) is 4.26. The number of methoxy groups -OCH3 is 2. The van der Waals surface area contributed by atoms with Crippen LogP contribution in [-0.2, 0) is 13.1 Å². The third-order valence-corrected chi connectivity index (χ3v) is 4.20. The molecule has 1 aromatic heterocycles. The van der Waals surface area contributed by atoms with Gasteiger partial charge in [-0.1, -0.05) is 24.3 Å². The number of rotatable bonds is 7. The van der Waals surface area contributed by atoms with E-state index in [2.05, 4.69) is 25.8 Å². The van der Waals surface area contributed by atoms with Gasteiger partial charge >= 0.3 is 0 Å². The van der Waals surface area contributed by atoms with Crippen LogP contribution in [0.4, 0.5) is 0 Å². The van der Waals surface area contributed by atoms with Crippen molar-refractivity contribution in [3.63, 3.8) is 0 Å². The largest absolute Gasteiger partial charge is 0.493 e. The fourth-order valence-corrected chi connectivity index (χ4v) is 2.74. The SMILES string of the molecule is CN=C(NCc1ccc(OC)c(OC)c1)NCc1nncn1-c1ccccc1. The van der Waals surface area contributed by atoms with E-state index >= 15 is 0 Å². The zero-order valence-corrected chi connectivity index (χ0v) is 16.2. The molecule has 0 spiro atoms. The van der Waals surface area contributed by atoms with Crippen LogP contribution in [0.2, 0.25) is 0 Å². The molecular formula is C20H24N6O2. The van der Waals surface area contributed by atoms with Crippen LogP contribution in [0.3, 0.4) is 0 Å². The maximum Gasteiger partial charge on any atom is 0.191 e. The van der Waals surface area contributed by atoms with E-state index in [9.17, 15) is 0 Å². The molecule has 0 unspecified atom stereocenters. The normalized spacial score (nSPS) is 11.2. The lowest BCUT2D eigenvalue weighted by Crippen LogP contribution is -2.36. The molecule has 2 aromatic carbocycles. The Morgan fingerprint density at radius 3 is 2.46 bits per heavy atom. The molecular weight excluding hydrogens is 356 g/mol. The number of aromatic nitrogens is 3. The molecule has 0 aliphatic heterocycles. The topological polar surface area (TPSA) is 85.6 Å². The molecule has 8 heteroatoms. The van der Waals surface area contributed by atoms with E-state index in [0.717, 1.165) is 17.1 Å². The highest BCUT2D eigenvalue weighted by molar-refractivity contribution is 5.79. The Morgan fingerprint density at radius 1 is 1.00 bits per heavy atom. The van der Waals surface area contributed by atoms with Gasteiger partial charge in [0.05, 0.1) is 20.8 Å². The van der Waals surface area contributed by atoms with Gasteiger partial charge in [0.1, 0.15) is 6.33 Å². The summed E-state index contributed by atoms with van der Waals surface area (Å²) >= 11 is 0. The molecule has 28 heavy (non-hydrogen) atoms. The first kappa shape index (κ1) is 19.2. The van der Waals surface area contributed by atoms with Crippen molar-refractivity contribution >= 4 is 5.96 Å². The number of hydrogen-bond donors (Lipinski definition) is 2. The van der Waals surface area contributed by atoms with Crippen LogP contribution in [-0.4, -0.2) is 42.0 Å². The highest BCUT2D eigenvalue weighted by atomic mass is 16.5. The zero-order valence-electron chi connectivity index (χ0n) is 16.2. The van der Waals surface area contributed by atoms with Crippen LogP contribution in [0.1, 0.15) is 11.4 Å². The molecule has 146 valence electrons. The van der Waals surface area contributed by atoms with E-state index in [1.165, 1.54) is 0 Å². The molecule has 0 aliphatic carbocycles. The van der Waals surface area contributed by atoms with Crippen molar-refractivity contribution in [2.24, 2.45) is 4.99 Å². The number of hydrogen-bond acceptors (Lipinski definition) is 5. The Kier molecular flexibility index (Phi) is 6.46. The molecule has 1 heterocycles. The molecule has 0 saturated heterocycles. The molecule has 0 bridgehead atoms. The molecule has 3 aromatic rings. The number of guanidine groups is 1. The van der Waals surface area contributed by atoms with E-state index in [4.69, 9.17) is 9.47 Å². The second-order valence-electron chi connectivity index (χ2n) is 5.92. The fraction of sp³-hybridized carbons (Fsp3) is 0.250. The maximum atomic E-state index is 5.35. The van der Waals surface area contributed by atoms with E-state index < -0.39 is 0 Å². The monoisotopic (exact) mass is 380 g/mol. The molecule has 0 aliphatic rings. The van der Waals surface area contributed by atoms with Crippen molar-refractivity contribution in [1.29, 1.82) is 0 Å². The highest BCUT2D eigenvalue weighted by Crippen LogP contribution is 2.27. The van der Waals surface area contributed by atoms with Crippen molar-refractivity contribution in [3.05, 3.63) is 66.2 Å². The van der Waals surface area contributed by atoms with E-state index in [0.29, 0.717) is 30.5 Å². The number of ether oxygens (including phenoxy) is 2. The van der Waals surface area contributed by atoms with Crippen LogP contribution >= 0.6 is 0 Å². The summed E-state index contributed by atoms with van der Waals surface area (Å²) in [5.74, 6) is 2.85. The fourth-order valence-electron chi connectivity index (χ4n) is 2.74. The Hall–Kier alpha value is -3.55. The molecule has 0 atom stereocenters. The van der Waals surface area contributed by atoms with Gasteiger partial charge < -0.3 is 20.1 Å². The van der Waals surface area contributed by atoms with Gasteiger partial charge in [0.2, 0.25) is 0 Å². The lowest BCUT2D eigenvalue weighted by molar-refractivity contribution is 0.354. The summed E-state index contributed by atoms with van der Waals surface area (Å²) in [5.41, 5.74) is 2.06. The van der Waals surface area contributed by atoms with Gasteiger partial charge in [-0.25, -0.2) is 0 Å². The third-order valence-electron chi connectivity index (χ3n) is 4.20. The molecule has 0 amide bonds. The first-order valence-corrected chi connectivity index (χ1v) is 8.85. The van der Waals surface area contributed by atoms with Gasteiger partial charge in [-0.3, -0.25) is 9.56 Å². The number of benzene rings is 2. The van der Waals surface area contributed by atoms with Crippen molar-refractivity contribution in [2.75, 3.05) is 21.3 Å². The minimum atomic E-state index is 0.487. The van der Waals surface area contributed by atoms with Crippen molar-refractivity contribution in [1.82, 2.24) is 25.4 Å².